The van der Waals surface area contributed by atoms with E-state index in [4.69, 9.17) is 16.3 Å². The molecule has 0 fully saturated rings. The Morgan fingerprint density at radius 2 is 2.31 bits per heavy atom. The van der Waals surface area contributed by atoms with E-state index in [-0.39, 0.29) is 6.10 Å². The minimum absolute atomic E-state index is 0.221. The van der Waals surface area contributed by atoms with Gasteiger partial charge in [-0.2, -0.15) is 0 Å². The van der Waals surface area contributed by atoms with Crippen molar-refractivity contribution >= 4 is 11.6 Å². The summed E-state index contributed by atoms with van der Waals surface area (Å²) in [7, 11) is 0. The molecule has 0 aliphatic carbocycles. The van der Waals surface area contributed by atoms with Crippen molar-refractivity contribution in [3.8, 4) is 5.88 Å². The summed E-state index contributed by atoms with van der Waals surface area (Å²) in [5.74, 6) is 0.644. The average Bonchev–Trinajstić information content (AvgIpc) is 2.09. The normalized spacial score (nSPS) is 12.5. The molecule has 0 spiro atoms. The second-order valence-electron chi connectivity index (χ2n) is 3.03. The van der Waals surface area contributed by atoms with E-state index in [1.807, 2.05) is 6.92 Å². The van der Waals surface area contributed by atoms with Gasteiger partial charge in [0, 0.05) is 12.3 Å². The zero-order valence-corrected chi connectivity index (χ0v) is 8.71. The summed E-state index contributed by atoms with van der Waals surface area (Å²) in [5, 5.41) is 0.635. The van der Waals surface area contributed by atoms with Crippen LogP contribution in [0.2, 0.25) is 5.02 Å². The first-order valence-corrected chi connectivity index (χ1v) is 4.88. The Balaban J connectivity index is 2.49. The second kappa shape index (κ2) is 5.07. The lowest BCUT2D eigenvalue weighted by Gasteiger charge is -2.12. The van der Waals surface area contributed by atoms with Gasteiger partial charge in [-0.05, 0) is 19.4 Å². The van der Waals surface area contributed by atoms with Gasteiger partial charge >= 0.3 is 0 Å². The van der Waals surface area contributed by atoms with E-state index >= 15 is 0 Å². The number of pyridine rings is 1. The van der Waals surface area contributed by atoms with Crippen molar-refractivity contribution in [1.29, 1.82) is 0 Å². The summed E-state index contributed by atoms with van der Waals surface area (Å²) in [5.41, 5.74) is 0. The first-order valence-electron chi connectivity index (χ1n) is 4.50. The summed E-state index contributed by atoms with van der Waals surface area (Å²) in [6, 6.07) is 3.57. The zero-order chi connectivity index (χ0) is 9.68. The number of rotatable bonds is 4. The predicted octanol–water partition coefficient (Wildman–Crippen LogP) is 3.30. The van der Waals surface area contributed by atoms with Crippen LogP contribution in [0, 0.1) is 0 Å². The van der Waals surface area contributed by atoms with Gasteiger partial charge < -0.3 is 4.74 Å². The number of nitrogens with zero attached hydrogens (tertiary/aromatic N) is 1. The van der Waals surface area contributed by atoms with E-state index in [9.17, 15) is 0 Å². The summed E-state index contributed by atoms with van der Waals surface area (Å²) in [6.45, 7) is 4.18. The number of aromatic nitrogens is 1. The smallest absolute Gasteiger partial charge is 0.213 e. The molecule has 0 aliphatic heterocycles. The van der Waals surface area contributed by atoms with Crippen LogP contribution in [0.4, 0.5) is 0 Å². The summed E-state index contributed by atoms with van der Waals surface area (Å²) in [4.78, 5) is 4.05. The number of hydrogen-bond donors (Lipinski definition) is 0. The molecule has 0 amide bonds. The Bertz CT molecular complexity index is 248. The van der Waals surface area contributed by atoms with Crippen molar-refractivity contribution in [3.63, 3.8) is 0 Å². The average molecular weight is 200 g/mol. The maximum absolute atomic E-state index is 5.69. The van der Waals surface area contributed by atoms with E-state index in [0.717, 1.165) is 12.8 Å². The molecule has 0 radical (unpaired) electrons. The lowest BCUT2D eigenvalue weighted by atomic mass is 10.2. The topological polar surface area (TPSA) is 22.1 Å². The molecule has 3 heteroatoms. The van der Waals surface area contributed by atoms with Crippen LogP contribution in [-0.4, -0.2) is 11.1 Å². The monoisotopic (exact) mass is 199 g/mol. The van der Waals surface area contributed by atoms with Crippen molar-refractivity contribution in [2.45, 2.75) is 32.8 Å². The molecule has 0 saturated carbocycles. The van der Waals surface area contributed by atoms with Gasteiger partial charge in [0.1, 0.15) is 0 Å². The molecule has 0 aliphatic rings. The van der Waals surface area contributed by atoms with Crippen LogP contribution < -0.4 is 4.74 Å². The van der Waals surface area contributed by atoms with Gasteiger partial charge in [-0.15, -0.1) is 0 Å². The van der Waals surface area contributed by atoms with E-state index in [1.54, 1.807) is 18.3 Å². The number of halogens is 1. The van der Waals surface area contributed by atoms with E-state index in [0.29, 0.717) is 10.9 Å². The van der Waals surface area contributed by atoms with Crippen LogP contribution >= 0.6 is 11.6 Å². The van der Waals surface area contributed by atoms with Crippen LogP contribution in [0.25, 0.3) is 0 Å². The quantitative estimate of drug-likeness (QED) is 0.743. The van der Waals surface area contributed by atoms with E-state index in [1.165, 1.54) is 0 Å². The Kier molecular flexibility index (Phi) is 4.03. The van der Waals surface area contributed by atoms with Crippen LogP contribution in [-0.2, 0) is 0 Å². The summed E-state index contributed by atoms with van der Waals surface area (Å²) in [6.07, 6.45) is 3.98. The van der Waals surface area contributed by atoms with Crippen LogP contribution in [0.15, 0.2) is 18.3 Å². The highest BCUT2D eigenvalue weighted by atomic mass is 35.5. The highest BCUT2D eigenvalue weighted by Crippen LogP contribution is 2.13. The lowest BCUT2D eigenvalue weighted by molar-refractivity contribution is 0.201. The second-order valence-corrected chi connectivity index (χ2v) is 3.47. The molecule has 1 aromatic rings. The molecule has 0 aromatic carbocycles. The fourth-order valence-corrected chi connectivity index (χ4v) is 1.22. The molecular weight excluding hydrogens is 186 g/mol. The lowest BCUT2D eigenvalue weighted by Crippen LogP contribution is -2.11. The molecule has 13 heavy (non-hydrogen) atoms. The minimum atomic E-state index is 0.221. The molecule has 1 rings (SSSR count). The standard InChI is InChI=1S/C10H14ClNO/c1-3-4-8(2)13-10-6-5-9(11)7-12-10/h5-8H,3-4H2,1-2H3. The highest BCUT2D eigenvalue weighted by molar-refractivity contribution is 6.30. The number of ether oxygens (including phenoxy) is 1. The molecule has 1 unspecified atom stereocenters. The van der Waals surface area contributed by atoms with Gasteiger partial charge in [-0.3, -0.25) is 0 Å². The first-order chi connectivity index (χ1) is 6.22. The highest BCUT2D eigenvalue weighted by Gasteiger charge is 2.02. The Hall–Kier alpha value is -0.760. The molecular formula is C10H14ClNO. The SMILES string of the molecule is CCCC(C)Oc1ccc(Cl)cn1. The molecule has 1 aromatic heterocycles. The molecule has 1 heterocycles. The Morgan fingerprint density at radius 1 is 1.54 bits per heavy atom. The molecule has 0 bridgehead atoms. The van der Waals surface area contributed by atoms with E-state index in [2.05, 4.69) is 11.9 Å². The minimum Gasteiger partial charge on any atom is -0.475 e. The van der Waals surface area contributed by atoms with Crippen molar-refractivity contribution in [2.75, 3.05) is 0 Å². The number of hydrogen-bond acceptors (Lipinski definition) is 2. The molecule has 0 N–H and O–H groups in total. The third kappa shape index (κ3) is 3.64. The van der Waals surface area contributed by atoms with Gasteiger partial charge in [0.05, 0.1) is 11.1 Å². The third-order valence-electron chi connectivity index (χ3n) is 1.72. The van der Waals surface area contributed by atoms with Gasteiger partial charge in [-0.25, -0.2) is 4.98 Å². The van der Waals surface area contributed by atoms with Gasteiger partial charge in [0.15, 0.2) is 0 Å². The molecule has 72 valence electrons. The van der Waals surface area contributed by atoms with Crippen LogP contribution in [0.3, 0.4) is 0 Å². The van der Waals surface area contributed by atoms with Crippen molar-refractivity contribution in [2.24, 2.45) is 0 Å². The summed E-state index contributed by atoms with van der Waals surface area (Å²) >= 11 is 5.69. The van der Waals surface area contributed by atoms with Crippen molar-refractivity contribution < 1.29 is 4.74 Å². The Morgan fingerprint density at radius 3 is 2.85 bits per heavy atom. The molecule has 0 saturated heterocycles. The maximum Gasteiger partial charge on any atom is 0.213 e. The molecule has 1 atom stereocenters. The van der Waals surface area contributed by atoms with Gasteiger partial charge in [0.25, 0.3) is 0 Å². The fourth-order valence-electron chi connectivity index (χ4n) is 1.10. The van der Waals surface area contributed by atoms with Crippen molar-refractivity contribution in [3.05, 3.63) is 23.4 Å². The van der Waals surface area contributed by atoms with E-state index < -0.39 is 0 Å². The van der Waals surface area contributed by atoms with Crippen molar-refractivity contribution in [1.82, 2.24) is 4.98 Å². The molecule has 2 nitrogen and oxygen atoms in total. The summed E-state index contributed by atoms with van der Waals surface area (Å²) < 4.78 is 5.54. The zero-order valence-electron chi connectivity index (χ0n) is 7.96. The third-order valence-corrected chi connectivity index (χ3v) is 1.94. The first kappa shape index (κ1) is 10.3. The Labute approximate surface area is 83.9 Å². The van der Waals surface area contributed by atoms with Crippen LogP contribution in [0.5, 0.6) is 5.88 Å². The fraction of sp³-hybridized carbons (Fsp3) is 0.500. The van der Waals surface area contributed by atoms with Crippen LogP contribution in [0.1, 0.15) is 26.7 Å². The van der Waals surface area contributed by atoms with Gasteiger partial charge in [0.2, 0.25) is 5.88 Å². The predicted molar refractivity (Wildman–Crippen MR) is 54.2 cm³/mol. The largest absolute Gasteiger partial charge is 0.475 e. The maximum atomic E-state index is 5.69. The van der Waals surface area contributed by atoms with Gasteiger partial charge in [-0.1, -0.05) is 24.9 Å².